The van der Waals surface area contributed by atoms with Crippen molar-refractivity contribution >= 4 is 44.6 Å². The Hall–Kier alpha value is -2.25. The van der Waals surface area contributed by atoms with Crippen LogP contribution < -0.4 is 0 Å². The number of thiazole rings is 1. The Balaban J connectivity index is 1.45. The van der Waals surface area contributed by atoms with Gasteiger partial charge in [0, 0.05) is 39.5 Å². The molecule has 2 aromatic heterocycles. The molecule has 3 fully saturated rings. The van der Waals surface area contributed by atoms with Gasteiger partial charge in [-0.2, -0.15) is 0 Å². The highest BCUT2D eigenvalue weighted by Gasteiger charge is 2.42. The van der Waals surface area contributed by atoms with Crippen molar-refractivity contribution in [1.29, 1.82) is 0 Å². The molecule has 3 saturated heterocycles. The molecule has 0 saturated carbocycles. The average Bonchev–Trinajstić information content (AvgIpc) is 3.22. The average molecular weight is 412 g/mol. The molecule has 144 valence electrons. The zero-order chi connectivity index (χ0) is 19.3. The maximum atomic E-state index is 13.5. The molecule has 2 amide bonds. The number of aryl methyl sites for hydroxylation is 1. The lowest BCUT2D eigenvalue weighted by molar-refractivity contribution is -0.140. The van der Waals surface area contributed by atoms with Crippen LogP contribution in [0.2, 0.25) is 0 Å². The van der Waals surface area contributed by atoms with E-state index >= 15 is 0 Å². The molecule has 3 aliphatic rings. The van der Waals surface area contributed by atoms with Crippen LogP contribution in [0.3, 0.4) is 0 Å². The van der Waals surface area contributed by atoms with E-state index in [4.69, 9.17) is 0 Å². The molecule has 2 atom stereocenters. The molecule has 1 aromatic carbocycles. The lowest BCUT2D eigenvalue weighted by atomic mass is 9.94. The van der Waals surface area contributed by atoms with E-state index in [1.54, 1.807) is 28.2 Å². The Morgan fingerprint density at radius 1 is 1.25 bits per heavy atom. The van der Waals surface area contributed by atoms with E-state index in [1.165, 1.54) is 0 Å². The Morgan fingerprint density at radius 3 is 2.93 bits per heavy atom. The predicted octanol–water partition coefficient (Wildman–Crippen LogP) is 3.93. The number of rotatable bonds is 3. The molecule has 6 rings (SSSR count). The first-order valence-corrected chi connectivity index (χ1v) is 11.3. The van der Waals surface area contributed by atoms with Gasteiger partial charge in [0.25, 0.3) is 5.91 Å². The monoisotopic (exact) mass is 411 g/mol. The van der Waals surface area contributed by atoms with Gasteiger partial charge in [-0.1, -0.05) is 18.2 Å². The van der Waals surface area contributed by atoms with Crippen LogP contribution in [0.5, 0.6) is 0 Å². The summed E-state index contributed by atoms with van der Waals surface area (Å²) in [6.45, 7) is 3.69. The van der Waals surface area contributed by atoms with E-state index < -0.39 is 0 Å². The van der Waals surface area contributed by atoms with E-state index in [-0.39, 0.29) is 23.8 Å². The summed E-state index contributed by atoms with van der Waals surface area (Å²) in [6.07, 6.45) is 1.82. The molecule has 0 spiro atoms. The number of carbonyl (C=O) groups is 2. The van der Waals surface area contributed by atoms with Gasteiger partial charge in [-0.05, 0) is 25.8 Å². The quantitative estimate of drug-likeness (QED) is 0.656. The molecule has 5 nitrogen and oxygen atoms in total. The van der Waals surface area contributed by atoms with Crippen molar-refractivity contribution < 1.29 is 9.59 Å². The molecular formula is C21H21N3O2S2. The van der Waals surface area contributed by atoms with Crippen molar-refractivity contribution in [3.05, 3.63) is 51.3 Å². The zero-order valence-corrected chi connectivity index (χ0v) is 17.3. The number of hydrogen-bond acceptors (Lipinski definition) is 5. The first-order chi connectivity index (χ1) is 13.6. The highest BCUT2D eigenvalue weighted by Crippen LogP contribution is 2.35. The van der Waals surface area contributed by atoms with Crippen molar-refractivity contribution in [1.82, 2.24) is 14.8 Å². The van der Waals surface area contributed by atoms with Gasteiger partial charge < -0.3 is 9.80 Å². The van der Waals surface area contributed by atoms with Crippen LogP contribution in [0.4, 0.5) is 0 Å². The first-order valence-electron chi connectivity index (χ1n) is 9.57. The largest absolute Gasteiger partial charge is 0.336 e. The Labute approximate surface area is 171 Å². The van der Waals surface area contributed by atoms with Gasteiger partial charge in [-0.25, -0.2) is 4.98 Å². The SMILES string of the molecule is Cc1sc2ccccc2c1C(=O)N1C[C@@H]2CC[C@H](C1)N(Cc1cscn1)C2=O. The number of amides is 2. The number of benzene rings is 1. The third kappa shape index (κ3) is 2.93. The molecule has 7 heteroatoms. The van der Waals surface area contributed by atoms with Gasteiger partial charge in [0.15, 0.2) is 0 Å². The van der Waals surface area contributed by atoms with Crippen molar-refractivity contribution in [3.8, 4) is 0 Å². The van der Waals surface area contributed by atoms with Gasteiger partial charge in [0.2, 0.25) is 5.91 Å². The van der Waals surface area contributed by atoms with E-state index in [9.17, 15) is 9.59 Å². The smallest absolute Gasteiger partial charge is 0.255 e. The molecule has 0 aliphatic carbocycles. The number of aromatic nitrogens is 1. The summed E-state index contributed by atoms with van der Waals surface area (Å²) in [5, 5.41) is 3.02. The second kappa shape index (κ2) is 6.97. The lowest BCUT2D eigenvalue weighted by Crippen LogP contribution is -2.47. The summed E-state index contributed by atoms with van der Waals surface area (Å²) < 4.78 is 1.14. The zero-order valence-electron chi connectivity index (χ0n) is 15.6. The molecule has 5 heterocycles. The number of carbonyl (C=O) groups excluding carboxylic acids is 2. The summed E-state index contributed by atoms with van der Waals surface area (Å²) >= 11 is 3.21. The summed E-state index contributed by atoms with van der Waals surface area (Å²) in [5.41, 5.74) is 3.54. The van der Waals surface area contributed by atoms with Crippen molar-refractivity contribution in [2.75, 3.05) is 13.1 Å². The van der Waals surface area contributed by atoms with Crippen molar-refractivity contribution in [2.45, 2.75) is 32.4 Å². The third-order valence-corrected chi connectivity index (χ3v) is 7.60. The number of piperidine rings is 1. The first kappa shape index (κ1) is 17.8. The lowest BCUT2D eigenvalue weighted by Gasteiger charge is -2.35. The Morgan fingerprint density at radius 2 is 2.11 bits per heavy atom. The molecule has 2 bridgehead atoms. The fourth-order valence-corrected chi connectivity index (χ4v) is 6.10. The van der Waals surface area contributed by atoms with Crippen LogP contribution in [0, 0.1) is 12.8 Å². The number of thiophene rings is 1. The Bertz CT molecular complexity index is 1040. The van der Waals surface area contributed by atoms with Gasteiger partial charge >= 0.3 is 0 Å². The second-order valence-electron chi connectivity index (χ2n) is 7.61. The van der Waals surface area contributed by atoms with Crippen LogP contribution in [0.15, 0.2) is 35.2 Å². The molecule has 0 radical (unpaired) electrons. The summed E-state index contributed by atoms with van der Waals surface area (Å²) in [7, 11) is 0. The van der Waals surface area contributed by atoms with Crippen LogP contribution in [-0.2, 0) is 11.3 Å². The van der Waals surface area contributed by atoms with E-state index in [1.807, 2.05) is 40.3 Å². The summed E-state index contributed by atoms with van der Waals surface area (Å²) in [5.74, 6) is 0.133. The van der Waals surface area contributed by atoms with Crippen molar-refractivity contribution in [2.24, 2.45) is 5.92 Å². The fourth-order valence-electron chi connectivity index (χ4n) is 4.50. The molecule has 3 aromatic rings. The number of hydrogen-bond donors (Lipinski definition) is 0. The summed E-state index contributed by atoms with van der Waals surface area (Å²) in [4.78, 5) is 35.8. The van der Waals surface area contributed by atoms with Gasteiger partial charge in [0.05, 0.1) is 29.2 Å². The second-order valence-corrected chi connectivity index (χ2v) is 9.59. The standard InChI is InChI=1S/C21H21N3O2S2/c1-13-19(17-4-2-3-5-18(17)28-13)21(26)23-8-14-6-7-16(10-23)24(20(14)25)9-15-11-27-12-22-15/h2-5,11-12,14,16H,6-10H2,1H3/t14-,16+/m0/s1. The molecule has 28 heavy (non-hydrogen) atoms. The molecular weight excluding hydrogens is 390 g/mol. The van der Waals surface area contributed by atoms with E-state index in [0.29, 0.717) is 19.6 Å². The fraction of sp³-hybridized carbons (Fsp3) is 0.381. The maximum Gasteiger partial charge on any atom is 0.255 e. The topological polar surface area (TPSA) is 53.5 Å². The number of nitrogens with zero attached hydrogens (tertiary/aromatic N) is 3. The van der Waals surface area contributed by atoms with Crippen LogP contribution in [0.1, 0.15) is 33.8 Å². The predicted molar refractivity (Wildman–Crippen MR) is 112 cm³/mol. The van der Waals surface area contributed by atoms with Gasteiger partial charge in [-0.3, -0.25) is 9.59 Å². The highest BCUT2D eigenvalue weighted by molar-refractivity contribution is 7.19. The molecule has 0 unspecified atom stereocenters. The third-order valence-electron chi connectivity index (χ3n) is 5.88. The van der Waals surface area contributed by atoms with Gasteiger partial charge in [0.1, 0.15) is 0 Å². The maximum absolute atomic E-state index is 13.5. The highest BCUT2D eigenvalue weighted by atomic mass is 32.1. The van der Waals surface area contributed by atoms with Crippen molar-refractivity contribution in [3.63, 3.8) is 0 Å². The normalized spacial score (nSPS) is 22.1. The molecule has 3 aliphatic heterocycles. The summed E-state index contributed by atoms with van der Waals surface area (Å²) in [6, 6.07) is 8.15. The minimum Gasteiger partial charge on any atom is -0.336 e. The van der Waals surface area contributed by atoms with E-state index in [0.717, 1.165) is 39.1 Å². The molecule has 0 N–H and O–H groups in total. The van der Waals surface area contributed by atoms with Crippen LogP contribution in [0.25, 0.3) is 10.1 Å². The Kier molecular flexibility index (Phi) is 4.44. The minimum atomic E-state index is -0.105. The van der Waals surface area contributed by atoms with Crippen LogP contribution >= 0.6 is 22.7 Å². The van der Waals surface area contributed by atoms with Crippen LogP contribution in [-0.4, -0.2) is 45.7 Å². The van der Waals surface area contributed by atoms with E-state index in [2.05, 4.69) is 11.1 Å². The minimum absolute atomic E-state index is 0.0650. The number of fused-ring (bicyclic) bond motifs is 5. The van der Waals surface area contributed by atoms with Gasteiger partial charge in [-0.15, -0.1) is 22.7 Å².